The van der Waals surface area contributed by atoms with Gasteiger partial charge in [-0.05, 0) is 18.5 Å². The summed E-state index contributed by atoms with van der Waals surface area (Å²) in [6, 6.07) is 0.718. The first-order valence-electron chi connectivity index (χ1n) is 3.58. The van der Waals surface area contributed by atoms with Crippen molar-refractivity contribution >= 4 is 0 Å². The van der Waals surface area contributed by atoms with Gasteiger partial charge < -0.3 is 10.6 Å². The lowest BCUT2D eigenvalue weighted by Gasteiger charge is -2.20. The number of fused-ring (bicyclic) bond motifs is 1. The summed E-state index contributed by atoms with van der Waals surface area (Å²) in [7, 11) is 0. The van der Waals surface area contributed by atoms with Crippen LogP contribution in [0.3, 0.4) is 0 Å². The average Bonchev–Trinajstić information content (AvgIpc) is 2.33. The van der Waals surface area contributed by atoms with E-state index in [0.717, 1.165) is 18.5 Å². The van der Waals surface area contributed by atoms with E-state index in [4.69, 9.17) is 0 Å². The largest absolute Gasteiger partial charge is 0.387 e. The molecular weight excluding hydrogens is 112 g/mol. The van der Waals surface area contributed by atoms with Crippen LogP contribution in [-0.4, -0.2) is 19.1 Å². The average molecular weight is 124 g/mol. The van der Waals surface area contributed by atoms with Crippen molar-refractivity contribution in [1.82, 2.24) is 10.6 Å². The van der Waals surface area contributed by atoms with Crippen LogP contribution in [-0.2, 0) is 0 Å². The minimum absolute atomic E-state index is 0.718. The third-order valence-corrected chi connectivity index (χ3v) is 2.21. The minimum atomic E-state index is 0.718. The molecule has 0 unspecified atom stereocenters. The van der Waals surface area contributed by atoms with Gasteiger partial charge in [-0.15, -0.1) is 0 Å². The highest BCUT2D eigenvalue weighted by molar-refractivity contribution is 4.99. The summed E-state index contributed by atoms with van der Waals surface area (Å²) in [6.07, 6.45) is 5.55. The van der Waals surface area contributed by atoms with Gasteiger partial charge in [-0.2, -0.15) is 0 Å². The molecule has 0 aliphatic carbocycles. The minimum Gasteiger partial charge on any atom is -0.387 e. The van der Waals surface area contributed by atoms with Crippen LogP contribution >= 0.6 is 0 Å². The molecule has 0 aromatic carbocycles. The molecule has 2 aliphatic heterocycles. The molecular formula is C7H12N2. The van der Waals surface area contributed by atoms with E-state index in [9.17, 15) is 0 Å². The molecule has 2 heteroatoms. The molecule has 0 spiro atoms. The van der Waals surface area contributed by atoms with Crippen molar-refractivity contribution in [3.63, 3.8) is 0 Å². The van der Waals surface area contributed by atoms with Crippen molar-refractivity contribution in [3.8, 4) is 0 Å². The van der Waals surface area contributed by atoms with E-state index in [1.807, 2.05) is 0 Å². The fourth-order valence-corrected chi connectivity index (χ4v) is 1.61. The van der Waals surface area contributed by atoms with Crippen LogP contribution in [0.2, 0.25) is 0 Å². The van der Waals surface area contributed by atoms with Gasteiger partial charge in [0.05, 0.1) is 0 Å². The normalized spacial score (nSPS) is 40.0. The predicted molar refractivity (Wildman–Crippen MR) is 37.0 cm³/mol. The fraction of sp³-hybridized carbons (Fsp3) is 0.714. The monoisotopic (exact) mass is 124 g/mol. The van der Waals surface area contributed by atoms with Gasteiger partial charge in [0.25, 0.3) is 0 Å². The second-order valence-corrected chi connectivity index (χ2v) is 2.83. The maximum absolute atomic E-state index is 3.36. The fourth-order valence-electron chi connectivity index (χ4n) is 1.61. The summed E-state index contributed by atoms with van der Waals surface area (Å²) < 4.78 is 0. The molecule has 0 saturated carbocycles. The van der Waals surface area contributed by atoms with Crippen LogP contribution in [0.5, 0.6) is 0 Å². The topological polar surface area (TPSA) is 24.1 Å². The van der Waals surface area contributed by atoms with Crippen molar-refractivity contribution in [2.24, 2.45) is 5.92 Å². The maximum Gasteiger partial charge on any atom is 0.0423 e. The lowest BCUT2D eigenvalue weighted by atomic mass is 9.98. The molecule has 50 valence electrons. The van der Waals surface area contributed by atoms with Gasteiger partial charge >= 0.3 is 0 Å². The Morgan fingerprint density at radius 1 is 1.33 bits per heavy atom. The van der Waals surface area contributed by atoms with E-state index >= 15 is 0 Å². The lowest BCUT2D eigenvalue weighted by Crippen LogP contribution is -2.34. The van der Waals surface area contributed by atoms with E-state index in [1.165, 1.54) is 13.0 Å². The quantitative estimate of drug-likeness (QED) is 0.478. The van der Waals surface area contributed by atoms with Crippen LogP contribution in [0.25, 0.3) is 0 Å². The smallest absolute Gasteiger partial charge is 0.0423 e. The molecule has 2 N–H and O–H groups in total. The second-order valence-electron chi connectivity index (χ2n) is 2.83. The summed E-state index contributed by atoms with van der Waals surface area (Å²) in [5.41, 5.74) is 0. The van der Waals surface area contributed by atoms with Crippen LogP contribution in [0.15, 0.2) is 12.3 Å². The highest BCUT2D eigenvalue weighted by Gasteiger charge is 2.26. The molecule has 2 aliphatic rings. The SMILES string of the molecule is C1=CN[C@@H]2CNC[C@@H]2C1. The van der Waals surface area contributed by atoms with E-state index in [2.05, 4.69) is 22.9 Å². The Balaban J connectivity index is 2.07. The van der Waals surface area contributed by atoms with Crippen LogP contribution in [0.4, 0.5) is 0 Å². The third-order valence-electron chi connectivity index (χ3n) is 2.21. The standard InChI is InChI=1S/C7H12N2/c1-2-6-4-8-5-7(6)9-3-1/h1,3,6-9H,2,4-5H2/t6-,7+/m0/s1. The summed E-state index contributed by atoms with van der Waals surface area (Å²) in [5.74, 6) is 0.856. The highest BCUT2D eigenvalue weighted by Crippen LogP contribution is 2.16. The summed E-state index contributed by atoms with van der Waals surface area (Å²) in [5, 5.41) is 6.70. The number of allylic oxidation sites excluding steroid dienone is 1. The van der Waals surface area contributed by atoms with E-state index < -0.39 is 0 Å². The molecule has 2 rings (SSSR count). The maximum atomic E-state index is 3.36. The van der Waals surface area contributed by atoms with Gasteiger partial charge in [-0.1, -0.05) is 6.08 Å². The van der Waals surface area contributed by atoms with Gasteiger partial charge in [0.1, 0.15) is 0 Å². The summed E-state index contributed by atoms with van der Waals surface area (Å²) in [4.78, 5) is 0. The van der Waals surface area contributed by atoms with Crippen molar-refractivity contribution in [3.05, 3.63) is 12.3 Å². The Bertz CT molecular complexity index is 117. The Kier molecular flexibility index (Phi) is 1.19. The van der Waals surface area contributed by atoms with Crippen LogP contribution < -0.4 is 10.6 Å². The zero-order chi connectivity index (χ0) is 6.10. The van der Waals surface area contributed by atoms with Gasteiger partial charge in [0.2, 0.25) is 0 Å². The summed E-state index contributed by atoms with van der Waals surface area (Å²) in [6.45, 7) is 2.34. The van der Waals surface area contributed by atoms with E-state index in [0.29, 0.717) is 0 Å². The van der Waals surface area contributed by atoms with Gasteiger partial charge in [0, 0.05) is 19.1 Å². The zero-order valence-electron chi connectivity index (χ0n) is 5.43. The van der Waals surface area contributed by atoms with Gasteiger partial charge in [0.15, 0.2) is 0 Å². The Labute approximate surface area is 55.3 Å². The zero-order valence-corrected chi connectivity index (χ0v) is 5.43. The van der Waals surface area contributed by atoms with Gasteiger partial charge in [-0.25, -0.2) is 0 Å². The van der Waals surface area contributed by atoms with Crippen molar-refractivity contribution in [2.75, 3.05) is 13.1 Å². The van der Waals surface area contributed by atoms with Crippen LogP contribution in [0, 0.1) is 5.92 Å². The number of rotatable bonds is 0. The molecule has 2 heterocycles. The number of hydrogen-bond acceptors (Lipinski definition) is 2. The molecule has 2 atom stereocenters. The predicted octanol–water partition coefficient (Wildman–Crippen LogP) is 0.0814. The van der Waals surface area contributed by atoms with Crippen LogP contribution in [0.1, 0.15) is 6.42 Å². The lowest BCUT2D eigenvalue weighted by molar-refractivity contribution is 0.453. The molecule has 0 aromatic heterocycles. The first kappa shape index (κ1) is 5.30. The molecule has 9 heavy (non-hydrogen) atoms. The van der Waals surface area contributed by atoms with Crippen molar-refractivity contribution in [1.29, 1.82) is 0 Å². The van der Waals surface area contributed by atoms with Crippen molar-refractivity contribution in [2.45, 2.75) is 12.5 Å². The second kappa shape index (κ2) is 2.03. The third kappa shape index (κ3) is 0.833. The first-order chi connectivity index (χ1) is 4.47. The number of hydrogen-bond donors (Lipinski definition) is 2. The summed E-state index contributed by atoms with van der Waals surface area (Å²) >= 11 is 0. The van der Waals surface area contributed by atoms with E-state index in [-0.39, 0.29) is 0 Å². The Hall–Kier alpha value is -0.500. The molecule has 0 amide bonds. The highest BCUT2D eigenvalue weighted by atomic mass is 15.0. The molecule has 0 bridgehead atoms. The number of nitrogens with one attached hydrogen (secondary N) is 2. The Morgan fingerprint density at radius 2 is 2.33 bits per heavy atom. The molecule has 0 radical (unpaired) electrons. The molecule has 0 aromatic rings. The molecule has 1 fully saturated rings. The van der Waals surface area contributed by atoms with Gasteiger partial charge in [-0.3, -0.25) is 0 Å². The Morgan fingerprint density at radius 3 is 3.22 bits per heavy atom. The van der Waals surface area contributed by atoms with E-state index in [1.54, 1.807) is 0 Å². The molecule has 2 nitrogen and oxygen atoms in total. The first-order valence-corrected chi connectivity index (χ1v) is 3.58. The van der Waals surface area contributed by atoms with Crippen molar-refractivity contribution < 1.29 is 0 Å². The molecule has 1 saturated heterocycles.